The predicted molar refractivity (Wildman–Crippen MR) is 125 cm³/mol. The molecule has 7 heteroatoms. The van der Waals surface area contributed by atoms with Gasteiger partial charge in [0.25, 0.3) is 0 Å². The van der Waals surface area contributed by atoms with Crippen LogP contribution in [0.3, 0.4) is 0 Å². The van der Waals surface area contributed by atoms with Crippen LogP contribution in [0.25, 0.3) is 11.1 Å². The van der Waals surface area contributed by atoms with Crippen molar-refractivity contribution in [1.82, 2.24) is 14.9 Å². The molecule has 1 saturated heterocycles. The van der Waals surface area contributed by atoms with Gasteiger partial charge in [-0.15, -0.1) is 0 Å². The van der Waals surface area contributed by atoms with Crippen molar-refractivity contribution in [2.24, 2.45) is 5.73 Å². The molecule has 0 spiro atoms. The minimum absolute atomic E-state index is 0.258. The first-order chi connectivity index (χ1) is 15.6. The zero-order valence-corrected chi connectivity index (χ0v) is 18.1. The molecule has 32 heavy (non-hydrogen) atoms. The van der Waals surface area contributed by atoms with Crippen LogP contribution in [0.15, 0.2) is 60.8 Å². The molecule has 1 amide bonds. The van der Waals surface area contributed by atoms with E-state index < -0.39 is 5.91 Å². The number of hydrogen-bond acceptors (Lipinski definition) is 6. The minimum Gasteiger partial charge on any atom is -0.375 e. The first kappa shape index (κ1) is 21.9. The molecule has 4 N–H and O–H groups in total. The highest BCUT2D eigenvalue weighted by atomic mass is 16.5. The first-order valence-electron chi connectivity index (χ1n) is 11.0. The third kappa shape index (κ3) is 5.49. The van der Waals surface area contributed by atoms with E-state index in [0.717, 1.165) is 49.3 Å². The van der Waals surface area contributed by atoms with E-state index >= 15 is 0 Å². The Bertz CT molecular complexity index is 1040. The number of carbonyl (C=O) groups excluding carboxylic acids is 1. The van der Waals surface area contributed by atoms with Gasteiger partial charge >= 0.3 is 0 Å². The van der Waals surface area contributed by atoms with Crippen LogP contribution in [-0.4, -0.2) is 47.0 Å². The van der Waals surface area contributed by atoms with Gasteiger partial charge in [0.1, 0.15) is 0 Å². The van der Waals surface area contributed by atoms with Crippen LogP contribution in [-0.2, 0) is 11.3 Å². The maximum absolute atomic E-state index is 11.4. The molecule has 0 bridgehead atoms. The topological polar surface area (TPSA) is 107 Å². The predicted octanol–water partition coefficient (Wildman–Crippen LogP) is 3.22. The molecule has 1 fully saturated rings. The molecule has 4 rings (SSSR count). The summed E-state index contributed by atoms with van der Waals surface area (Å²) in [5, 5.41) is 0. The molecular formula is C25H29N5O2. The van der Waals surface area contributed by atoms with Crippen LogP contribution in [0.5, 0.6) is 0 Å². The Balaban J connectivity index is 1.42. The number of nitrogens with zero attached hydrogens (tertiary/aromatic N) is 3. The summed E-state index contributed by atoms with van der Waals surface area (Å²) in [7, 11) is 0. The number of piperidine rings is 1. The summed E-state index contributed by atoms with van der Waals surface area (Å²) in [4.78, 5) is 22.7. The number of rotatable bonds is 8. The molecular weight excluding hydrogens is 402 g/mol. The van der Waals surface area contributed by atoms with Crippen LogP contribution < -0.4 is 11.5 Å². The van der Waals surface area contributed by atoms with Gasteiger partial charge in [0, 0.05) is 36.3 Å². The summed E-state index contributed by atoms with van der Waals surface area (Å²) in [6, 6.07) is 17.5. The van der Waals surface area contributed by atoms with E-state index in [2.05, 4.69) is 27.0 Å². The third-order valence-electron chi connectivity index (χ3n) is 5.87. The molecule has 2 heterocycles. The molecule has 1 aliphatic heterocycles. The molecule has 2 aromatic carbocycles. The fraction of sp³-hybridized carbons (Fsp3) is 0.320. The fourth-order valence-electron chi connectivity index (χ4n) is 4.20. The number of nitrogen functional groups attached to an aromatic ring is 1. The zero-order valence-electron chi connectivity index (χ0n) is 18.1. The highest BCUT2D eigenvalue weighted by Crippen LogP contribution is 2.33. The largest absolute Gasteiger partial charge is 0.375 e. The summed E-state index contributed by atoms with van der Waals surface area (Å²) in [6.45, 7) is 4.15. The van der Waals surface area contributed by atoms with Gasteiger partial charge in [-0.25, -0.2) is 9.97 Å². The van der Waals surface area contributed by atoms with Crippen molar-refractivity contribution in [2.45, 2.75) is 25.4 Å². The van der Waals surface area contributed by atoms with Crippen molar-refractivity contribution in [1.29, 1.82) is 0 Å². The summed E-state index contributed by atoms with van der Waals surface area (Å²) < 4.78 is 5.88. The number of amides is 1. The van der Waals surface area contributed by atoms with Crippen molar-refractivity contribution in [2.75, 3.05) is 32.0 Å². The smallest absolute Gasteiger partial charge is 0.248 e. The Hall–Kier alpha value is -3.29. The highest BCUT2D eigenvalue weighted by Gasteiger charge is 2.25. The Kier molecular flexibility index (Phi) is 7.09. The Morgan fingerprint density at radius 1 is 1.12 bits per heavy atom. The lowest BCUT2D eigenvalue weighted by Crippen LogP contribution is -2.37. The van der Waals surface area contributed by atoms with Gasteiger partial charge in [-0.2, -0.15) is 0 Å². The van der Waals surface area contributed by atoms with Crippen LogP contribution in [0.2, 0.25) is 0 Å². The molecule has 7 nitrogen and oxygen atoms in total. The standard InChI is InChI=1S/C25H29N5O2/c26-24(31)20-10-8-19(9-11-20)22-15-28-25(27)29-23(22)21-7-4-12-30(16-21)13-14-32-17-18-5-2-1-3-6-18/h1-3,5-6,8-11,15,21H,4,7,12-14,16-17H2,(H2,26,31)(H2,27,28,29)/t21-/m0/s1. The van der Waals surface area contributed by atoms with Gasteiger partial charge in [0.15, 0.2) is 0 Å². The van der Waals surface area contributed by atoms with E-state index in [9.17, 15) is 4.79 Å². The number of anilines is 1. The molecule has 0 aliphatic carbocycles. The van der Waals surface area contributed by atoms with Gasteiger partial charge < -0.3 is 21.1 Å². The number of carbonyl (C=O) groups is 1. The SMILES string of the molecule is NC(=O)c1ccc(-c2cnc(N)nc2[C@H]2CCCN(CCOCc3ccccc3)C2)cc1. The lowest BCUT2D eigenvalue weighted by Gasteiger charge is -2.33. The molecule has 1 aliphatic rings. The van der Waals surface area contributed by atoms with Crippen LogP contribution in [0, 0.1) is 0 Å². The number of benzene rings is 2. The van der Waals surface area contributed by atoms with Crippen LogP contribution >= 0.6 is 0 Å². The Labute approximate surface area is 188 Å². The number of aromatic nitrogens is 2. The Morgan fingerprint density at radius 2 is 1.91 bits per heavy atom. The van der Waals surface area contributed by atoms with Gasteiger partial charge in [-0.3, -0.25) is 4.79 Å². The highest BCUT2D eigenvalue weighted by molar-refractivity contribution is 5.93. The van der Waals surface area contributed by atoms with E-state index in [-0.39, 0.29) is 11.9 Å². The van der Waals surface area contributed by atoms with Gasteiger partial charge in [0.05, 0.1) is 18.9 Å². The average molecular weight is 432 g/mol. The van der Waals surface area contributed by atoms with Crippen molar-refractivity contribution >= 4 is 11.9 Å². The normalized spacial score (nSPS) is 16.7. The van der Waals surface area contributed by atoms with Crippen molar-refractivity contribution in [3.05, 3.63) is 77.6 Å². The number of hydrogen-bond donors (Lipinski definition) is 2. The number of ether oxygens (including phenoxy) is 1. The summed E-state index contributed by atoms with van der Waals surface area (Å²) in [6.07, 6.45) is 3.91. The second-order valence-corrected chi connectivity index (χ2v) is 8.15. The lowest BCUT2D eigenvalue weighted by molar-refractivity contribution is 0.0827. The van der Waals surface area contributed by atoms with E-state index in [0.29, 0.717) is 18.8 Å². The van der Waals surface area contributed by atoms with Gasteiger partial charge in [-0.05, 0) is 42.6 Å². The van der Waals surface area contributed by atoms with E-state index in [1.165, 1.54) is 5.56 Å². The first-order valence-corrected chi connectivity index (χ1v) is 11.0. The van der Waals surface area contributed by atoms with E-state index in [4.69, 9.17) is 16.2 Å². The third-order valence-corrected chi connectivity index (χ3v) is 5.87. The summed E-state index contributed by atoms with van der Waals surface area (Å²) in [5.74, 6) is 0.0950. The molecule has 0 unspecified atom stereocenters. The fourth-order valence-corrected chi connectivity index (χ4v) is 4.20. The van der Waals surface area contributed by atoms with E-state index in [1.807, 2.05) is 30.3 Å². The second kappa shape index (κ2) is 10.3. The number of likely N-dealkylation sites (tertiary alicyclic amines) is 1. The average Bonchev–Trinajstić information content (AvgIpc) is 2.83. The summed E-state index contributed by atoms with van der Waals surface area (Å²) in [5.41, 5.74) is 15.8. The van der Waals surface area contributed by atoms with Crippen LogP contribution in [0.1, 0.15) is 40.4 Å². The second-order valence-electron chi connectivity index (χ2n) is 8.15. The maximum atomic E-state index is 11.4. The summed E-state index contributed by atoms with van der Waals surface area (Å²) >= 11 is 0. The van der Waals surface area contributed by atoms with Gasteiger partial charge in [0.2, 0.25) is 11.9 Å². The molecule has 0 radical (unpaired) electrons. The van der Waals surface area contributed by atoms with Crippen molar-refractivity contribution in [3.8, 4) is 11.1 Å². The minimum atomic E-state index is -0.442. The van der Waals surface area contributed by atoms with Gasteiger partial charge in [-0.1, -0.05) is 42.5 Å². The lowest BCUT2D eigenvalue weighted by atomic mass is 9.89. The van der Waals surface area contributed by atoms with Crippen molar-refractivity contribution < 1.29 is 9.53 Å². The Morgan fingerprint density at radius 3 is 2.66 bits per heavy atom. The molecule has 1 aromatic heterocycles. The molecule has 1 atom stereocenters. The zero-order chi connectivity index (χ0) is 22.3. The molecule has 166 valence electrons. The number of primary amides is 1. The van der Waals surface area contributed by atoms with E-state index in [1.54, 1.807) is 18.3 Å². The molecule has 0 saturated carbocycles. The maximum Gasteiger partial charge on any atom is 0.248 e. The quantitative estimate of drug-likeness (QED) is 0.530. The van der Waals surface area contributed by atoms with Crippen LogP contribution in [0.4, 0.5) is 5.95 Å². The van der Waals surface area contributed by atoms with Crippen molar-refractivity contribution in [3.63, 3.8) is 0 Å². The monoisotopic (exact) mass is 431 g/mol. The number of nitrogens with two attached hydrogens (primary N) is 2. The molecule has 3 aromatic rings.